The number of benzene rings is 2. The van der Waals surface area contributed by atoms with Crippen LogP contribution in [0.4, 0.5) is 0 Å². The van der Waals surface area contributed by atoms with Crippen molar-refractivity contribution in [1.29, 1.82) is 0 Å². The van der Waals surface area contributed by atoms with Crippen LogP contribution in [0, 0.1) is 11.8 Å². The quantitative estimate of drug-likeness (QED) is 0.876. The number of ether oxygens (including phenoxy) is 1. The third-order valence-electron chi connectivity index (χ3n) is 4.54. The van der Waals surface area contributed by atoms with Crippen LogP contribution in [0.25, 0.3) is 0 Å². The lowest BCUT2D eigenvalue weighted by Crippen LogP contribution is -2.13. The van der Waals surface area contributed by atoms with Crippen molar-refractivity contribution in [3.63, 3.8) is 0 Å². The van der Waals surface area contributed by atoms with Gasteiger partial charge in [0.1, 0.15) is 5.75 Å². The highest BCUT2D eigenvalue weighted by atomic mass is 16.5. The molecule has 110 valence electrons. The van der Waals surface area contributed by atoms with E-state index in [9.17, 15) is 5.11 Å². The first-order valence-electron chi connectivity index (χ1n) is 7.60. The number of hydrogen-bond donors (Lipinski definition) is 1. The Balaban J connectivity index is 1.66. The van der Waals surface area contributed by atoms with Gasteiger partial charge >= 0.3 is 0 Å². The van der Waals surface area contributed by atoms with Gasteiger partial charge in [0.2, 0.25) is 0 Å². The van der Waals surface area contributed by atoms with Crippen LogP contribution >= 0.6 is 0 Å². The lowest BCUT2D eigenvalue weighted by molar-refractivity contribution is 0.207. The first kappa shape index (κ1) is 14.2. The molecule has 2 aromatic rings. The highest BCUT2D eigenvalue weighted by Crippen LogP contribution is 2.52. The molecule has 2 nitrogen and oxygen atoms in total. The first-order chi connectivity index (χ1) is 10.3. The smallest absolute Gasteiger partial charge is 0.119 e. The third kappa shape index (κ3) is 3.27. The van der Waals surface area contributed by atoms with Crippen LogP contribution in [-0.4, -0.2) is 18.8 Å². The summed E-state index contributed by atoms with van der Waals surface area (Å²) >= 11 is 0. The molecule has 3 unspecified atom stereocenters. The average molecular weight is 282 g/mol. The zero-order valence-electron chi connectivity index (χ0n) is 12.4. The van der Waals surface area contributed by atoms with E-state index in [1.807, 2.05) is 12.1 Å². The minimum Gasteiger partial charge on any atom is -0.497 e. The van der Waals surface area contributed by atoms with E-state index in [4.69, 9.17) is 4.74 Å². The Morgan fingerprint density at radius 2 is 1.95 bits per heavy atom. The summed E-state index contributed by atoms with van der Waals surface area (Å²) in [4.78, 5) is 0. The summed E-state index contributed by atoms with van der Waals surface area (Å²) in [5, 5.41) is 9.76. The van der Waals surface area contributed by atoms with Crippen LogP contribution in [0.1, 0.15) is 23.5 Å². The Hall–Kier alpha value is -1.80. The van der Waals surface area contributed by atoms with Crippen molar-refractivity contribution in [1.82, 2.24) is 0 Å². The molecular weight excluding hydrogens is 260 g/mol. The van der Waals surface area contributed by atoms with E-state index in [1.165, 1.54) is 17.5 Å². The van der Waals surface area contributed by atoms with E-state index in [1.54, 1.807) is 7.11 Å². The maximum absolute atomic E-state index is 9.76. The summed E-state index contributed by atoms with van der Waals surface area (Å²) in [5.74, 6) is 2.44. The highest BCUT2D eigenvalue weighted by Gasteiger charge is 2.43. The molecule has 21 heavy (non-hydrogen) atoms. The zero-order chi connectivity index (χ0) is 14.7. The van der Waals surface area contributed by atoms with Crippen LogP contribution in [0.3, 0.4) is 0 Å². The molecule has 0 radical (unpaired) electrons. The van der Waals surface area contributed by atoms with E-state index in [2.05, 4.69) is 42.5 Å². The molecule has 0 aromatic heterocycles. The average Bonchev–Trinajstić information content (AvgIpc) is 3.34. The van der Waals surface area contributed by atoms with Gasteiger partial charge in [-0.3, -0.25) is 0 Å². The minimum atomic E-state index is 0.255. The Labute approximate surface area is 126 Å². The second kappa shape index (κ2) is 6.31. The van der Waals surface area contributed by atoms with E-state index in [0.29, 0.717) is 17.8 Å². The fourth-order valence-electron chi connectivity index (χ4n) is 3.27. The molecule has 0 spiro atoms. The lowest BCUT2D eigenvalue weighted by atomic mass is 9.93. The second-order valence-electron chi connectivity index (χ2n) is 5.92. The topological polar surface area (TPSA) is 29.5 Å². The second-order valence-corrected chi connectivity index (χ2v) is 5.92. The Bertz CT molecular complexity index is 579. The van der Waals surface area contributed by atoms with Gasteiger partial charge in [0.05, 0.1) is 7.11 Å². The van der Waals surface area contributed by atoms with E-state index >= 15 is 0 Å². The standard InChI is InChI=1S/C19H22O2/c1-21-17-9-5-6-14(11-17)10-16(13-20)19-12-18(19)15-7-3-2-4-8-15/h2-9,11,16,18-20H,10,12-13H2,1H3. The molecule has 1 aliphatic rings. The molecule has 0 heterocycles. The summed E-state index contributed by atoms with van der Waals surface area (Å²) in [6.45, 7) is 0.255. The molecule has 2 aromatic carbocycles. The summed E-state index contributed by atoms with van der Waals surface area (Å²) in [7, 11) is 1.69. The van der Waals surface area contributed by atoms with Crippen molar-refractivity contribution in [2.75, 3.05) is 13.7 Å². The van der Waals surface area contributed by atoms with Gasteiger partial charge in [-0.15, -0.1) is 0 Å². The lowest BCUT2D eigenvalue weighted by Gasteiger charge is -2.15. The summed E-state index contributed by atoms with van der Waals surface area (Å²) in [5.41, 5.74) is 2.65. The molecule has 3 atom stereocenters. The third-order valence-corrected chi connectivity index (χ3v) is 4.54. The van der Waals surface area contributed by atoms with Crippen molar-refractivity contribution < 1.29 is 9.84 Å². The number of hydrogen-bond acceptors (Lipinski definition) is 2. The van der Waals surface area contributed by atoms with Crippen LogP contribution in [-0.2, 0) is 6.42 Å². The van der Waals surface area contributed by atoms with Gasteiger partial charge in [0, 0.05) is 6.61 Å². The van der Waals surface area contributed by atoms with E-state index < -0.39 is 0 Å². The van der Waals surface area contributed by atoms with Crippen LogP contribution in [0.5, 0.6) is 5.75 Å². The van der Waals surface area contributed by atoms with Gasteiger partial charge in [-0.05, 0) is 53.9 Å². The summed E-state index contributed by atoms with van der Waals surface area (Å²) < 4.78 is 5.27. The van der Waals surface area contributed by atoms with E-state index in [0.717, 1.165) is 12.2 Å². The van der Waals surface area contributed by atoms with Gasteiger partial charge in [-0.1, -0.05) is 42.5 Å². The SMILES string of the molecule is COc1cccc(CC(CO)C2CC2c2ccccc2)c1. The Morgan fingerprint density at radius 1 is 1.14 bits per heavy atom. The number of aliphatic hydroxyl groups excluding tert-OH is 1. The molecule has 1 N–H and O–H groups in total. The molecule has 0 amide bonds. The molecule has 0 bridgehead atoms. The predicted octanol–water partition coefficient (Wildman–Crippen LogP) is 3.65. The molecule has 1 saturated carbocycles. The van der Waals surface area contributed by atoms with E-state index in [-0.39, 0.29) is 6.61 Å². The van der Waals surface area contributed by atoms with Crippen LogP contribution in [0.2, 0.25) is 0 Å². The zero-order valence-corrected chi connectivity index (χ0v) is 12.4. The summed E-state index contributed by atoms with van der Waals surface area (Å²) in [6.07, 6.45) is 2.11. The summed E-state index contributed by atoms with van der Waals surface area (Å²) in [6, 6.07) is 18.8. The van der Waals surface area contributed by atoms with Crippen LogP contribution in [0.15, 0.2) is 54.6 Å². The van der Waals surface area contributed by atoms with Crippen molar-refractivity contribution >= 4 is 0 Å². The molecule has 0 saturated heterocycles. The molecule has 1 fully saturated rings. The maximum atomic E-state index is 9.76. The molecule has 1 aliphatic carbocycles. The predicted molar refractivity (Wildman–Crippen MR) is 84.6 cm³/mol. The largest absolute Gasteiger partial charge is 0.497 e. The molecule has 3 rings (SSSR count). The minimum absolute atomic E-state index is 0.255. The number of rotatable bonds is 6. The van der Waals surface area contributed by atoms with Crippen molar-refractivity contribution in [3.05, 3.63) is 65.7 Å². The van der Waals surface area contributed by atoms with Gasteiger partial charge in [-0.25, -0.2) is 0 Å². The molecule has 0 aliphatic heterocycles. The molecular formula is C19H22O2. The maximum Gasteiger partial charge on any atom is 0.119 e. The van der Waals surface area contributed by atoms with Gasteiger partial charge in [0.25, 0.3) is 0 Å². The van der Waals surface area contributed by atoms with Crippen molar-refractivity contribution in [2.45, 2.75) is 18.8 Å². The Morgan fingerprint density at radius 3 is 2.67 bits per heavy atom. The fourth-order valence-corrected chi connectivity index (χ4v) is 3.27. The van der Waals surface area contributed by atoms with Crippen LogP contribution < -0.4 is 4.74 Å². The van der Waals surface area contributed by atoms with Gasteiger partial charge < -0.3 is 9.84 Å². The number of methoxy groups -OCH3 is 1. The van der Waals surface area contributed by atoms with Crippen molar-refractivity contribution in [3.8, 4) is 5.75 Å². The normalized spacial score (nSPS) is 21.8. The van der Waals surface area contributed by atoms with Gasteiger partial charge in [0.15, 0.2) is 0 Å². The fraction of sp³-hybridized carbons (Fsp3) is 0.368. The molecule has 2 heteroatoms. The number of aliphatic hydroxyl groups is 1. The first-order valence-corrected chi connectivity index (χ1v) is 7.60. The van der Waals surface area contributed by atoms with Crippen molar-refractivity contribution in [2.24, 2.45) is 11.8 Å². The van der Waals surface area contributed by atoms with Gasteiger partial charge in [-0.2, -0.15) is 0 Å². The Kier molecular flexibility index (Phi) is 4.26. The highest BCUT2D eigenvalue weighted by molar-refractivity contribution is 5.30. The monoisotopic (exact) mass is 282 g/mol.